The van der Waals surface area contributed by atoms with Crippen LogP contribution in [0.25, 0.3) is 0 Å². The Morgan fingerprint density at radius 2 is 2.33 bits per heavy atom. The Balaban J connectivity index is 1.97. The Bertz CT molecular complexity index is 155. The highest BCUT2D eigenvalue weighted by atomic mass is 16.5. The van der Waals surface area contributed by atoms with E-state index in [1.807, 2.05) is 0 Å². The van der Waals surface area contributed by atoms with Crippen molar-refractivity contribution in [1.29, 1.82) is 0 Å². The van der Waals surface area contributed by atoms with Gasteiger partial charge in [-0.2, -0.15) is 0 Å². The first kappa shape index (κ1) is 9.52. The molecule has 1 unspecified atom stereocenters. The van der Waals surface area contributed by atoms with Crippen LogP contribution in [0.15, 0.2) is 0 Å². The molecule has 1 aliphatic carbocycles. The Morgan fingerprint density at radius 1 is 1.67 bits per heavy atom. The van der Waals surface area contributed by atoms with Crippen molar-refractivity contribution in [2.24, 2.45) is 11.7 Å². The largest absolute Gasteiger partial charge is 0.369 e. The lowest BCUT2D eigenvalue weighted by Gasteiger charge is -2.25. The number of amides is 1. The normalized spacial score (nSPS) is 20.1. The van der Waals surface area contributed by atoms with Crippen molar-refractivity contribution in [1.82, 2.24) is 0 Å². The molecule has 2 N–H and O–H groups in total. The molecule has 0 radical (unpaired) electrons. The summed E-state index contributed by atoms with van der Waals surface area (Å²) in [6, 6.07) is 0. The smallest absolute Gasteiger partial charge is 0.246 e. The highest BCUT2D eigenvalue weighted by Gasteiger charge is 2.17. The van der Waals surface area contributed by atoms with Gasteiger partial charge in [-0.3, -0.25) is 4.79 Å². The van der Waals surface area contributed by atoms with Crippen molar-refractivity contribution in [3.8, 4) is 0 Å². The Hall–Kier alpha value is -0.570. The van der Waals surface area contributed by atoms with E-state index in [9.17, 15) is 4.79 Å². The zero-order valence-electron chi connectivity index (χ0n) is 7.58. The molecule has 1 amide bonds. The summed E-state index contributed by atoms with van der Waals surface area (Å²) in [5.41, 5.74) is 5.04. The second-order valence-corrected chi connectivity index (χ2v) is 3.50. The molecule has 0 heterocycles. The molecule has 1 rings (SSSR count). The van der Waals surface area contributed by atoms with Crippen LogP contribution >= 0.6 is 0 Å². The zero-order valence-corrected chi connectivity index (χ0v) is 7.58. The third-order valence-corrected chi connectivity index (χ3v) is 2.52. The summed E-state index contributed by atoms with van der Waals surface area (Å²) >= 11 is 0. The number of carbonyl (C=O) groups excluding carboxylic acids is 1. The lowest BCUT2D eigenvalue weighted by molar-refractivity contribution is -0.128. The highest BCUT2D eigenvalue weighted by molar-refractivity contribution is 5.78. The van der Waals surface area contributed by atoms with Crippen LogP contribution in [0, 0.1) is 5.92 Å². The molecule has 3 heteroatoms. The van der Waals surface area contributed by atoms with E-state index in [-0.39, 0.29) is 5.91 Å². The summed E-state index contributed by atoms with van der Waals surface area (Å²) < 4.78 is 5.24. The van der Waals surface area contributed by atoms with Gasteiger partial charge in [0.1, 0.15) is 6.10 Å². The average molecular weight is 171 g/mol. The third kappa shape index (κ3) is 2.81. The summed E-state index contributed by atoms with van der Waals surface area (Å²) in [4.78, 5) is 10.6. The van der Waals surface area contributed by atoms with Gasteiger partial charge in [-0.25, -0.2) is 0 Å². The maximum Gasteiger partial charge on any atom is 0.246 e. The van der Waals surface area contributed by atoms with Crippen LogP contribution in [0.3, 0.4) is 0 Å². The summed E-state index contributed by atoms with van der Waals surface area (Å²) in [6.07, 6.45) is 4.67. The van der Waals surface area contributed by atoms with Crippen molar-refractivity contribution in [2.75, 3.05) is 6.61 Å². The van der Waals surface area contributed by atoms with Gasteiger partial charge in [0.15, 0.2) is 0 Å². The van der Waals surface area contributed by atoms with Crippen LogP contribution in [0.4, 0.5) is 0 Å². The maximum atomic E-state index is 10.6. The highest BCUT2D eigenvalue weighted by Crippen LogP contribution is 2.29. The lowest BCUT2D eigenvalue weighted by Crippen LogP contribution is -2.29. The number of hydrogen-bond acceptors (Lipinski definition) is 2. The number of carbonyl (C=O) groups is 1. The molecular weight excluding hydrogens is 154 g/mol. The van der Waals surface area contributed by atoms with Gasteiger partial charge < -0.3 is 10.5 Å². The van der Waals surface area contributed by atoms with Gasteiger partial charge in [-0.15, -0.1) is 0 Å². The SMILES string of the molecule is CC(OCCC1CCC1)C(N)=O. The topological polar surface area (TPSA) is 52.3 Å². The quantitative estimate of drug-likeness (QED) is 0.672. The standard InChI is InChI=1S/C9H17NO2/c1-7(9(10)11)12-6-5-8-3-2-4-8/h7-8H,2-6H2,1H3,(H2,10,11). The molecular formula is C9H17NO2. The van der Waals surface area contributed by atoms with Crippen molar-refractivity contribution < 1.29 is 9.53 Å². The van der Waals surface area contributed by atoms with Gasteiger partial charge in [0.2, 0.25) is 5.91 Å². The van der Waals surface area contributed by atoms with E-state index in [1.54, 1.807) is 6.92 Å². The minimum absolute atomic E-state index is 0.372. The van der Waals surface area contributed by atoms with Crippen LogP contribution in [0.2, 0.25) is 0 Å². The molecule has 0 aromatic rings. The van der Waals surface area contributed by atoms with Crippen LogP contribution < -0.4 is 5.73 Å². The first-order valence-electron chi connectivity index (χ1n) is 4.61. The van der Waals surface area contributed by atoms with Crippen LogP contribution in [0.1, 0.15) is 32.6 Å². The molecule has 3 nitrogen and oxygen atoms in total. The second-order valence-electron chi connectivity index (χ2n) is 3.50. The van der Waals surface area contributed by atoms with Gasteiger partial charge in [0.25, 0.3) is 0 Å². The minimum Gasteiger partial charge on any atom is -0.369 e. The molecule has 1 atom stereocenters. The van der Waals surface area contributed by atoms with E-state index in [4.69, 9.17) is 10.5 Å². The van der Waals surface area contributed by atoms with Crippen LogP contribution in [-0.2, 0) is 9.53 Å². The predicted molar refractivity (Wildman–Crippen MR) is 46.6 cm³/mol. The number of nitrogens with two attached hydrogens (primary N) is 1. The molecule has 1 aliphatic rings. The number of hydrogen-bond donors (Lipinski definition) is 1. The Kier molecular flexibility index (Phi) is 3.53. The Labute approximate surface area is 73.3 Å². The van der Waals surface area contributed by atoms with Gasteiger partial charge in [0, 0.05) is 6.61 Å². The van der Waals surface area contributed by atoms with Crippen molar-refractivity contribution in [2.45, 2.75) is 38.7 Å². The molecule has 12 heavy (non-hydrogen) atoms. The summed E-state index contributed by atoms with van der Waals surface area (Å²) in [7, 11) is 0. The van der Waals surface area contributed by atoms with Crippen molar-refractivity contribution >= 4 is 5.91 Å². The average Bonchev–Trinajstić information content (AvgIpc) is 1.93. The molecule has 0 saturated heterocycles. The van der Waals surface area contributed by atoms with E-state index >= 15 is 0 Å². The molecule has 1 fully saturated rings. The molecule has 0 aromatic heterocycles. The van der Waals surface area contributed by atoms with Gasteiger partial charge in [0.05, 0.1) is 0 Å². The zero-order chi connectivity index (χ0) is 8.97. The van der Waals surface area contributed by atoms with Gasteiger partial charge >= 0.3 is 0 Å². The number of primary amides is 1. The van der Waals surface area contributed by atoms with E-state index in [0.717, 1.165) is 12.3 Å². The fourth-order valence-electron chi connectivity index (χ4n) is 1.28. The molecule has 70 valence electrons. The van der Waals surface area contributed by atoms with E-state index in [1.165, 1.54) is 19.3 Å². The first-order valence-corrected chi connectivity index (χ1v) is 4.61. The molecule has 0 aromatic carbocycles. The van der Waals surface area contributed by atoms with Crippen molar-refractivity contribution in [3.63, 3.8) is 0 Å². The first-order chi connectivity index (χ1) is 5.70. The summed E-state index contributed by atoms with van der Waals surface area (Å²) in [5, 5.41) is 0. The fraction of sp³-hybridized carbons (Fsp3) is 0.889. The molecule has 1 saturated carbocycles. The van der Waals surface area contributed by atoms with Crippen LogP contribution in [0.5, 0.6) is 0 Å². The maximum absolute atomic E-state index is 10.6. The fourth-order valence-corrected chi connectivity index (χ4v) is 1.28. The predicted octanol–water partition coefficient (Wildman–Crippen LogP) is 1.07. The van der Waals surface area contributed by atoms with Gasteiger partial charge in [-0.1, -0.05) is 19.3 Å². The minimum atomic E-state index is -0.426. The van der Waals surface area contributed by atoms with E-state index in [0.29, 0.717) is 6.61 Å². The van der Waals surface area contributed by atoms with E-state index in [2.05, 4.69) is 0 Å². The molecule has 0 aliphatic heterocycles. The van der Waals surface area contributed by atoms with E-state index < -0.39 is 6.10 Å². The number of ether oxygens (including phenoxy) is 1. The van der Waals surface area contributed by atoms with Crippen LogP contribution in [-0.4, -0.2) is 18.6 Å². The second kappa shape index (κ2) is 4.45. The van der Waals surface area contributed by atoms with Gasteiger partial charge in [-0.05, 0) is 19.3 Å². The molecule has 0 bridgehead atoms. The monoisotopic (exact) mass is 171 g/mol. The third-order valence-electron chi connectivity index (χ3n) is 2.52. The summed E-state index contributed by atoms with van der Waals surface area (Å²) in [5.74, 6) is 0.466. The number of rotatable bonds is 5. The molecule has 0 spiro atoms. The Morgan fingerprint density at radius 3 is 2.75 bits per heavy atom. The lowest BCUT2D eigenvalue weighted by atomic mass is 9.83. The van der Waals surface area contributed by atoms with Crippen molar-refractivity contribution in [3.05, 3.63) is 0 Å². The summed E-state index contributed by atoms with van der Waals surface area (Å²) in [6.45, 7) is 2.37.